The van der Waals surface area contributed by atoms with E-state index in [1.165, 1.54) is 0 Å². The lowest BCUT2D eigenvalue weighted by molar-refractivity contribution is 0.239. The summed E-state index contributed by atoms with van der Waals surface area (Å²) in [6.45, 7) is 4.21. The monoisotopic (exact) mass is 377 g/mol. The minimum absolute atomic E-state index is 0.132. The van der Waals surface area contributed by atoms with Crippen molar-refractivity contribution in [1.82, 2.24) is 9.99 Å². The third-order valence-electron chi connectivity index (χ3n) is 4.58. The molecule has 140 valence electrons. The van der Waals surface area contributed by atoms with E-state index in [0.29, 0.717) is 6.54 Å². The Bertz CT molecular complexity index is 957. The Balaban J connectivity index is 1.92. The Labute approximate surface area is 153 Å². The topological polar surface area (TPSA) is 81.1 Å². The Morgan fingerprint density at radius 2 is 2.08 bits per heavy atom. The summed E-state index contributed by atoms with van der Waals surface area (Å²) < 4.78 is 34.3. The molecule has 1 aromatic carbocycles. The molecule has 2 heterocycles. The van der Waals surface area contributed by atoms with Gasteiger partial charge in [-0.1, -0.05) is 0 Å². The third-order valence-corrected chi connectivity index (χ3v) is 6.37. The number of nitrogens with zero attached hydrogens (tertiary/aromatic N) is 3. The number of pyridine rings is 1. The molecule has 0 bridgehead atoms. The molecule has 1 unspecified atom stereocenters. The van der Waals surface area contributed by atoms with E-state index in [1.54, 1.807) is 26.6 Å². The van der Waals surface area contributed by atoms with E-state index in [9.17, 15) is 8.42 Å². The van der Waals surface area contributed by atoms with Gasteiger partial charge in [-0.05, 0) is 19.9 Å². The van der Waals surface area contributed by atoms with Crippen molar-refractivity contribution in [2.24, 2.45) is 5.10 Å². The van der Waals surface area contributed by atoms with E-state index in [-0.39, 0.29) is 17.5 Å². The molecule has 1 aromatic heterocycles. The molecule has 1 aliphatic heterocycles. The molecule has 2 aromatic rings. The Hall–Kier alpha value is -2.35. The number of ether oxygens (including phenoxy) is 2. The van der Waals surface area contributed by atoms with Crippen molar-refractivity contribution in [2.45, 2.75) is 19.9 Å². The normalized spacial score (nSPS) is 19.8. The maximum Gasteiger partial charge on any atom is 0.154 e. The quantitative estimate of drug-likeness (QED) is 0.758. The number of hydrogen-bond acceptors (Lipinski definition) is 7. The average Bonchev–Trinajstić information content (AvgIpc) is 2.60. The van der Waals surface area contributed by atoms with E-state index < -0.39 is 9.84 Å². The van der Waals surface area contributed by atoms with Gasteiger partial charge in [0.2, 0.25) is 0 Å². The van der Waals surface area contributed by atoms with Crippen molar-refractivity contribution >= 4 is 27.0 Å². The Morgan fingerprint density at radius 1 is 1.31 bits per heavy atom. The first-order valence-electron chi connectivity index (χ1n) is 8.37. The van der Waals surface area contributed by atoms with Gasteiger partial charge in [0.05, 0.1) is 50.0 Å². The molecule has 0 amide bonds. The van der Waals surface area contributed by atoms with Crippen LogP contribution >= 0.6 is 0 Å². The van der Waals surface area contributed by atoms with Gasteiger partial charge in [-0.3, -0.25) is 9.99 Å². The predicted molar refractivity (Wildman–Crippen MR) is 102 cm³/mol. The second-order valence-corrected chi connectivity index (χ2v) is 8.67. The molecule has 1 atom stereocenters. The molecule has 8 heteroatoms. The number of hydrogen-bond donors (Lipinski definition) is 0. The summed E-state index contributed by atoms with van der Waals surface area (Å²) in [4.78, 5) is 4.48. The molecule has 26 heavy (non-hydrogen) atoms. The Morgan fingerprint density at radius 3 is 2.73 bits per heavy atom. The van der Waals surface area contributed by atoms with Crippen LogP contribution in [0.2, 0.25) is 0 Å². The molecule has 3 rings (SSSR count). The van der Waals surface area contributed by atoms with Gasteiger partial charge < -0.3 is 9.47 Å². The number of hydrazone groups is 1. The first-order chi connectivity index (χ1) is 12.3. The van der Waals surface area contributed by atoms with Gasteiger partial charge >= 0.3 is 0 Å². The summed E-state index contributed by atoms with van der Waals surface area (Å²) in [7, 11) is 0.289. The predicted octanol–water partition coefficient (Wildman–Crippen LogP) is 2.01. The van der Waals surface area contributed by atoms with Crippen LogP contribution in [0.3, 0.4) is 0 Å². The van der Waals surface area contributed by atoms with Gasteiger partial charge in [0.15, 0.2) is 9.84 Å². The average molecular weight is 377 g/mol. The molecular weight excluding hydrogens is 354 g/mol. The highest BCUT2D eigenvalue weighted by molar-refractivity contribution is 7.91. The molecule has 1 fully saturated rings. The second kappa shape index (κ2) is 7.11. The second-order valence-electron chi connectivity index (χ2n) is 6.44. The van der Waals surface area contributed by atoms with Crippen molar-refractivity contribution in [3.63, 3.8) is 0 Å². The summed E-state index contributed by atoms with van der Waals surface area (Å²) in [6.07, 6.45) is 3.44. The first kappa shape index (κ1) is 18.4. The van der Waals surface area contributed by atoms with Crippen LogP contribution in [0.1, 0.15) is 18.1 Å². The zero-order valence-electron chi connectivity index (χ0n) is 15.4. The maximum atomic E-state index is 11.7. The van der Waals surface area contributed by atoms with Crippen LogP contribution in [0.5, 0.6) is 11.5 Å². The van der Waals surface area contributed by atoms with Gasteiger partial charge in [0.1, 0.15) is 11.5 Å². The highest BCUT2D eigenvalue weighted by Crippen LogP contribution is 2.35. The van der Waals surface area contributed by atoms with Gasteiger partial charge in [-0.15, -0.1) is 0 Å². The smallest absolute Gasteiger partial charge is 0.154 e. The van der Waals surface area contributed by atoms with Gasteiger partial charge in [-0.2, -0.15) is 5.10 Å². The number of methoxy groups -OCH3 is 2. The van der Waals surface area contributed by atoms with Gasteiger partial charge in [0, 0.05) is 28.8 Å². The lowest BCUT2D eigenvalue weighted by Gasteiger charge is -2.30. The SMILES string of the molecule is COc1cc2ncc(C=NN3CCS(=O)(=O)CC3C)cc2c(OC)c1C. The minimum atomic E-state index is -2.95. The van der Waals surface area contributed by atoms with Crippen molar-refractivity contribution < 1.29 is 17.9 Å². The molecule has 1 saturated heterocycles. The van der Waals surface area contributed by atoms with E-state index in [4.69, 9.17) is 9.47 Å². The lowest BCUT2D eigenvalue weighted by Crippen LogP contribution is -2.43. The van der Waals surface area contributed by atoms with Gasteiger partial charge in [-0.25, -0.2) is 8.42 Å². The minimum Gasteiger partial charge on any atom is -0.496 e. The molecule has 0 radical (unpaired) electrons. The summed E-state index contributed by atoms with van der Waals surface area (Å²) in [6, 6.07) is 3.70. The third kappa shape index (κ3) is 3.60. The van der Waals surface area contributed by atoms with E-state index in [2.05, 4.69) is 10.1 Å². The van der Waals surface area contributed by atoms with Crippen LogP contribution in [0, 0.1) is 6.92 Å². The number of aromatic nitrogens is 1. The van der Waals surface area contributed by atoms with E-state index in [0.717, 1.165) is 33.5 Å². The molecular formula is C18H23N3O4S. The highest BCUT2D eigenvalue weighted by Gasteiger charge is 2.27. The van der Waals surface area contributed by atoms with Crippen LogP contribution in [-0.4, -0.2) is 62.9 Å². The van der Waals surface area contributed by atoms with Crippen LogP contribution in [0.15, 0.2) is 23.4 Å². The van der Waals surface area contributed by atoms with Crippen LogP contribution in [-0.2, 0) is 9.84 Å². The molecule has 0 saturated carbocycles. The van der Waals surface area contributed by atoms with Crippen molar-refractivity contribution in [2.75, 3.05) is 32.3 Å². The largest absolute Gasteiger partial charge is 0.496 e. The van der Waals surface area contributed by atoms with Crippen molar-refractivity contribution in [3.05, 3.63) is 29.5 Å². The molecule has 1 aliphatic rings. The van der Waals surface area contributed by atoms with E-state index in [1.807, 2.05) is 31.0 Å². The number of rotatable bonds is 4. The number of benzene rings is 1. The lowest BCUT2D eigenvalue weighted by atomic mass is 10.1. The van der Waals surface area contributed by atoms with Gasteiger partial charge in [0.25, 0.3) is 0 Å². The zero-order chi connectivity index (χ0) is 18.9. The highest BCUT2D eigenvalue weighted by atomic mass is 32.2. The molecule has 0 aliphatic carbocycles. The zero-order valence-corrected chi connectivity index (χ0v) is 16.2. The fourth-order valence-corrected chi connectivity index (χ4v) is 4.72. The summed E-state index contributed by atoms with van der Waals surface area (Å²) in [5, 5.41) is 7.14. The van der Waals surface area contributed by atoms with Crippen molar-refractivity contribution in [3.8, 4) is 11.5 Å². The molecule has 7 nitrogen and oxygen atoms in total. The summed E-state index contributed by atoms with van der Waals surface area (Å²) >= 11 is 0. The van der Waals surface area contributed by atoms with Crippen molar-refractivity contribution in [1.29, 1.82) is 0 Å². The van der Waals surface area contributed by atoms with Crippen LogP contribution in [0.4, 0.5) is 0 Å². The first-order valence-corrected chi connectivity index (χ1v) is 10.2. The fraction of sp³-hybridized carbons (Fsp3) is 0.444. The van der Waals surface area contributed by atoms with Crippen LogP contribution < -0.4 is 9.47 Å². The summed E-state index contributed by atoms with van der Waals surface area (Å²) in [5.74, 6) is 1.72. The fourth-order valence-electron chi connectivity index (χ4n) is 3.18. The molecule has 0 N–H and O–H groups in total. The Kier molecular flexibility index (Phi) is 5.04. The van der Waals surface area contributed by atoms with E-state index >= 15 is 0 Å². The summed E-state index contributed by atoms with van der Waals surface area (Å²) in [5.41, 5.74) is 2.51. The number of fused-ring (bicyclic) bond motifs is 1. The standard InChI is InChI=1S/C18H23N3O4S/c1-12-11-26(22,23)6-5-21(12)20-10-14-7-15-16(19-9-14)8-17(24-3)13(2)18(15)25-4/h7-10,12H,5-6,11H2,1-4H3. The maximum absolute atomic E-state index is 11.7. The van der Waals surface area contributed by atoms with Crippen LogP contribution in [0.25, 0.3) is 10.9 Å². The number of sulfone groups is 1. The molecule has 0 spiro atoms.